The van der Waals surface area contributed by atoms with Gasteiger partial charge in [0.15, 0.2) is 0 Å². The molecule has 0 nitrogen and oxygen atoms in total. The molecular formula is C2H10Si2. The van der Waals surface area contributed by atoms with Gasteiger partial charge in [0.05, 0.1) is 0 Å². The molecule has 0 bridgehead atoms. The fourth-order valence-electron chi connectivity index (χ4n) is 0. The van der Waals surface area contributed by atoms with E-state index in [2.05, 4.69) is 13.1 Å². The normalized spacial score (nSPS) is 4.50. The minimum atomic E-state index is 0. The van der Waals surface area contributed by atoms with Crippen molar-refractivity contribution in [3.63, 3.8) is 0 Å². The molecular weight excluding hydrogens is 80.2 g/mol. The Kier molecular flexibility index (Phi) is 21.8. The predicted octanol–water partition coefficient (Wildman–Crippen LogP) is -0.665. The summed E-state index contributed by atoms with van der Waals surface area (Å²) < 4.78 is 0. The van der Waals surface area contributed by atoms with Crippen LogP contribution in [0.3, 0.4) is 0 Å². The Bertz CT molecular complexity index is 4.00. The van der Waals surface area contributed by atoms with Gasteiger partial charge in [-0.1, -0.05) is 13.1 Å². The third-order valence-electron chi connectivity index (χ3n) is 0. The molecule has 0 fully saturated rings. The summed E-state index contributed by atoms with van der Waals surface area (Å²) in [6.07, 6.45) is 0. The van der Waals surface area contributed by atoms with Gasteiger partial charge in [0.25, 0.3) is 0 Å². The molecule has 0 saturated carbocycles. The summed E-state index contributed by atoms with van der Waals surface area (Å²) in [4.78, 5) is 0. The van der Waals surface area contributed by atoms with Gasteiger partial charge >= 0.3 is 0 Å². The highest BCUT2D eigenvalue weighted by atomic mass is 28.2. The maximum Gasteiger partial charge on any atom is 0.0307 e. The third-order valence-corrected chi connectivity index (χ3v) is 0. The minimum Gasteiger partial charge on any atom is -0.0735 e. The van der Waals surface area contributed by atoms with E-state index in [1.807, 2.05) is 0 Å². The number of hydrogen-bond donors (Lipinski definition) is 0. The zero-order chi connectivity index (χ0) is 2.71. The highest BCUT2D eigenvalue weighted by Gasteiger charge is 1.39. The molecule has 4 heavy (non-hydrogen) atoms. The largest absolute Gasteiger partial charge is 0.0735 e. The highest BCUT2D eigenvalue weighted by molar-refractivity contribution is 6.31. The molecule has 0 aliphatic heterocycles. The molecule has 0 aromatic rings. The lowest BCUT2D eigenvalue weighted by Crippen LogP contribution is -1.53. The van der Waals surface area contributed by atoms with E-state index in [1.165, 1.54) is 0 Å². The van der Waals surface area contributed by atoms with E-state index in [4.69, 9.17) is 0 Å². The van der Waals surface area contributed by atoms with Crippen LogP contribution in [0.4, 0.5) is 0 Å². The van der Waals surface area contributed by atoms with E-state index in [9.17, 15) is 0 Å². The first-order valence-electron chi connectivity index (χ1n) is 1.00. The summed E-state index contributed by atoms with van der Waals surface area (Å²) in [5.74, 6) is 0. The van der Waals surface area contributed by atoms with E-state index in [1.54, 1.807) is 0 Å². The monoisotopic (exact) mass is 90.0 g/mol. The van der Waals surface area contributed by atoms with Crippen molar-refractivity contribution in [1.29, 1.82) is 0 Å². The molecule has 0 N–H and O–H groups in total. The van der Waals surface area contributed by atoms with E-state index in [-0.39, 0.29) is 11.0 Å². The molecule has 0 aliphatic rings. The van der Waals surface area contributed by atoms with Crippen LogP contribution < -0.4 is 0 Å². The summed E-state index contributed by atoms with van der Waals surface area (Å²) in [5.41, 5.74) is 0. The molecule has 2 radical (unpaired) electrons. The number of hydrogen-bond acceptors (Lipinski definition) is 0. The van der Waals surface area contributed by atoms with Crippen LogP contribution in [-0.2, 0) is 0 Å². The molecule has 0 amide bonds. The molecule has 0 rings (SSSR count). The molecule has 0 heterocycles. The van der Waals surface area contributed by atoms with Crippen molar-refractivity contribution in [3.8, 4) is 0 Å². The van der Waals surface area contributed by atoms with E-state index in [0.29, 0.717) is 0 Å². The second-order valence-electron chi connectivity index (χ2n) is 0.500. The Balaban J connectivity index is 0. The maximum atomic E-state index is 2.15. The molecule has 0 unspecified atom stereocenters. The van der Waals surface area contributed by atoms with Gasteiger partial charge in [-0.3, -0.25) is 0 Å². The van der Waals surface area contributed by atoms with Crippen LogP contribution in [0.5, 0.6) is 0 Å². The third kappa shape index (κ3) is 26.6. The lowest BCUT2D eigenvalue weighted by Gasteiger charge is -1.44. The molecule has 26 valence electrons. The molecule has 0 aromatic carbocycles. The van der Waals surface area contributed by atoms with Gasteiger partial charge in [0, 0.05) is 9.52 Å². The van der Waals surface area contributed by atoms with Gasteiger partial charge in [0.2, 0.25) is 0 Å². The Labute approximate surface area is 34.5 Å². The van der Waals surface area contributed by atoms with Crippen LogP contribution in [0.25, 0.3) is 0 Å². The molecule has 0 saturated heterocycles. The summed E-state index contributed by atoms with van der Waals surface area (Å²) in [6, 6.07) is 0. The summed E-state index contributed by atoms with van der Waals surface area (Å²) >= 11 is 0. The average molecular weight is 90.3 g/mol. The lowest BCUT2D eigenvalue weighted by atomic mass is 11.9. The highest BCUT2D eigenvalue weighted by Crippen LogP contribution is 1.36. The second kappa shape index (κ2) is 9.89. The summed E-state index contributed by atoms with van der Waals surface area (Å²) in [5, 5.41) is 0. The SMILES string of the molecule is C[Si]C.[SiH4]. The molecule has 0 spiro atoms. The topological polar surface area (TPSA) is 0 Å². The molecule has 0 aliphatic carbocycles. The Morgan fingerprint density at radius 3 is 1.25 bits per heavy atom. The van der Waals surface area contributed by atoms with Crippen molar-refractivity contribution in [3.05, 3.63) is 0 Å². The zero-order valence-electron chi connectivity index (χ0n) is 2.50. The molecule has 0 aromatic heterocycles. The van der Waals surface area contributed by atoms with E-state index < -0.39 is 0 Å². The molecule has 2 heteroatoms. The van der Waals surface area contributed by atoms with Crippen molar-refractivity contribution < 1.29 is 0 Å². The quantitative estimate of drug-likeness (QED) is 0.346. The van der Waals surface area contributed by atoms with Crippen LogP contribution in [0.1, 0.15) is 0 Å². The van der Waals surface area contributed by atoms with Crippen molar-refractivity contribution in [1.82, 2.24) is 0 Å². The standard InChI is InChI=1S/C2H6Si.H4Si/c1-3-2;/h1-2H3;1H4. The van der Waals surface area contributed by atoms with Gasteiger partial charge in [-0.05, 0) is 11.0 Å². The smallest absolute Gasteiger partial charge is 0.0307 e. The van der Waals surface area contributed by atoms with Crippen LogP contribution in [0.2, 0.25) is 13.1 Å². The van der Waals surface area contributed by atoms with E-state index in [0.717, 1.165) is 9.52 Å². The van der Waals surface area contributed by atoms with Crippen molar-refractivity contribution >= 4 is 20.5 Å². The van der Waals surface area contributed by atoms with Crippen molar-refractivity contribution in [2.45, 2.75) is 13.1 Å². The lowest BCUT2D eigenvalue weighted by molar-refractivity contribution is 2.14. The minimum absolute atomic E-state index is 0. The fourth-order valence-corrected chi connectivity index (χ4v) is 0. The van der Waals surface area contributed by atoms with Crippen LogP contribution in [-0.4, -0.2) is 20.5 Å². The van der Waals surface area contributed by atoms with Crippen molar-refractivity contribution in [2.75, 3.05) is 0 Å². The summed E-state index contributed by atoms with van der Waals surface area (Å²) in [7, 11) is 1.08. The van der Waals surface area contributed by atoms with Crippen molar-refractivity contribution in [2.24, 2.45) is 0 Å². The second-order valence-corrected chi connectivity index (χ2v) is 1.50. The van der Waals surface area contributed by atoms with E-state index >= 15 is 0 Å². The van der Waals surface area contributed by atoms with Gasteiger partial charge in [-0.25, -0.2) is 0 Å². The van der Waals surface area contributed by atoms with Gasteiger partial charge in [-0.15, -0.1) is 0 Å². The Hall–Kier alpha value is 0.434. The number of rotatable bonds is 0. The Morgan fingerprint density at radius 2 is 1.25 bits per heavy atom. The maximum absolute atomic E-state index is 2.15. The zero-order valence-corrected chi connectivity index (χ0v) is 3.50. The summed E-state index contributed by atoms with van der Waals surface area (Å²) in [6.45, 7) is 4.31. The average Bonchev–Trinajstić information content (AvgIpc) is 0.918. The first-order valence-corrected chi connectivity index (χ1v) is 3.00. The van der Waals surface area contributed by atoms with Crippen LogP contribution >= 0.6 is 0 Å². The fraction of sp³-hybridized carbons (Fsp3) is 1.00. The Morgan fingerprint density at radius 1 is 1.25 bits per heavy atom. The predicted molar refractivity (Wildman–Crippen MR) is 28.8 cm³/mol. The van der Waals surface area contributed by atoms with Crippen LogP contribution in [0.15, 0.2) is 0 Å². The van der Waals surface area contributed by atoms with Crippen LogP contribution in [0, 0.1) is 0 Å². The first-order chi connectivity index (χ1) is 1.41. The first kappa shape index (κ1) is 8.83. The van der Waals surface area contributed by atoms with Gasteiger partial charge < -0.3 is 0 Å². The van der Waals surface area contributed by atoms with Gasteiger partial charge in [-0.2, -0.15) is 0 Å². The molecule has 0 atom stereocenters. The van der Waals surface area contributed by atoms with Gasteiger partial charge in [0.1, 0.15) is 0 Å².